The second-order valence-corrected chi connectivity index (χ2v) is 5.52. The molecule has 1 fully saturated rings. The molecule has 2 heterocycles. The summed E-state index contributed by atoms with van der Waals surface area (Å²) in [5.41, 5.74) is 0. The number of hydrogen-bond donors (Lipinski definition) is 0. The van der Waals surface area contributed by atoms with E-state index in [1.54, 1.807) is 6.92 Å². The molecule has 0 spiro atoms. The average Bonchev–Trinajstić information content (AvgIpc) is 2.79. The molecule has 3 heteroatoms. The van der Waals surface area contributed by atoms with Gasteiger partial charge in [-0.3, -0.25) is 9.69 Å². The number of hydrogen-bond acceptors (Lipinski definition) is 3. The van der Waals surface area contributed by atoms with Crippen LogP contribution in [0.1, 0.15) is 31.1 Å². The fourth-order valence-electron chi connectivity index (χ4n) is 2.43. The van der Waals surface area contributed by atoms with Gasteiger partial charge in [-0.05, 0) is 44.2 Å². The monoisotopic (exact) mass is 237 g/mol. The summed E-state index contributed by atoms with van der Waals surface area (Å²) in [5, 5.41) is 2.12. The Balaban J connectivity index is 1.89. The van der Waals surface area contributed by atoms with Crippen molar-refractivity contribution in [3.05, 3.63) is 22.4 Å². The maximum atomic E-state index is 11.5. The van der Waals surface area contributed by atoms with Gasteiger partial charge in [-0.15, -0.1) is 11.3 Å². The molecular formula is C13H19NOS. The van der Waals surface area contributed by atoms with Crippen molar-refractivity contribution in [2.45, 2.75) is 38.6 Å². The Bertz CT molecular complexity index is 334. The Kier molecular flexibility index (Phi) is 4.13. The van der Waals surface area contributed by atoms with Gasteiger partial charge in [0.2, 0.25) is 0 Å². The number of carbonyl (C=O) groups is 1. The molecule has 0 N–H and O–H groups in total. The summed E-state index contributed by atoms with van der Waals surface area (Å²) in [6, 6.07) is 4.46. The zero-order valence-electron chi connectivity index (χ0n) is 9.82. The third-order valence-electron chi connectivity index (χ3n) is 3.31. The van der Waals surface area contributed by atoms with Gasteiger partial charge in [-0.25, -0.2) is 0 Å². The molecule has 1 unspecified atom stereocenters. The maximum Gasteiger partial charge on any atom is 0.146 e. The number of nitrogens with zero attached hydrogens (tertiary/aromatic N) is 1. The third-order valence-corrected chi connectivity index (χ3v) is 4.24. The van der Waals surface area contributed by atoms with E-state index in [0.29, 0.717) is 5.78 Å². The molecule has 0 radical (unpaired) electrons. The van der Waals surface area contributed by atoms with Crippen LogP contribution in [0.5, 0.6) is 0 Å². The molecular weight excluding hydrogens is 218 g/mol. The van der Waals surface area contributed by atoms with Crippen LogP contribution in [0.3, 0.4) is 0 Å². The zero-order chi connectivity index (χ0) is 11.4. The van der Waals surface area contributed by atoms with Crippen molar-refractivity contribution in [1.29, 1.82) is 0 Å². The summed E-state index contributed by atoms with van der Waals surface area (Å²) >= 11 is 1.81. The van der Waals surface area contributed by atoms with E-state index in [9.17, 15) is 4.79 Å². The second kappa shape index (κ2) is 5.60. The average molecular weight is 237 g/mol. The molecule has 0 saturated carbocycles. The predicted octanol–water partition coefficient (Wildman–Crippen LogP) is 2.73. The van der Waals surface area contributed by atoms with E-state index in [-0.39, 0.29) is 6.04 Å². The van der Waals surface area contributed by atoms with Crippen molar-refractivity contribution in [2.75, 3.05) is 13.1 Å². The summed E-state index contributed by atoms with van der Waals surface area (Å²) in [4.78, 5) is 15.3. The van der Waals surface area contributed by atoms with Gasteiger partial charge in [0.1, 0.15) is 5.78 Å². The number of thiophene rings is 1. The lowest BCUT2D eigenvalue weighted by Crippen LogP contribution is -2.44. The van der Waals surface area contributed by atoms with E-state index >= 15 is 0 Å². The lowest BCUT2D eigenvalue weighted by atomic mass is 9.99. The van der Waals surface area contributed by atoms with E-state index in [1.165, 1.54) is 17.7 Å². The number of rotatable bonds is 4. The molecule has 1 aromatic heterocycles. The van der Waals surface area contributed by atoms with Crippen LogP contribution in [0.15, 0.2) is 17.5 Å². The van der Waals surface area contributed by atoms with Gasteiger partial charge in [0.05, 0.1) is 6.04 Å². The van der Waals surface area contributed by atoms with Crippen LogP contribution in [0.25, 0.3) is 0 Å². The molecule has 2 rings (SSSR count). The van der Waals surface area contributed by atoms with Gasteiger partial charge in [0.25, 0.3) is 0 Å². The lowest BCUT2D eigenvalue weighted by Gasteiger charge is -2.33. The summed E-state index contributed by atoms with van der Waals surface area (Å²) < 4.78 is 0. The van der Waals surface area contributed by atoms with E-state index in [1.807, 2.05) is 11.3 Å². The van der Waals surface area contributed by atoms with Crippen molar-refractivity contribution in [1.82, 2.24) is 4.90 Å². The summed E-state index contributed by atoms with van der Waals surface area (Å²) in [7, 11) is 0. The number of carbonyl (C=O) groups excluding carboxylic acids is 1. The highest BCUT2D eigenvalue weighted by atomic mass is 32.1. The lowest BCUT2D eigenvalue weighted by molar-refractivity contribution is -0.123. The van der Waals surface area contributed by atoms with Crippen LogP contribution >= 0.6 is 11.3 Å². The van der Waals surface area contributed by atoms with Crippen LogP contribution in [0, 0.1) is 0 Å². The quantitative estimate of drug-likeness (QED) is 0.802. The summed E-state index contributed by atoms with van der Waals surface area (Å²) in [5.74, 6) is 0.339. The molecule has 0 aromatic carbocycles. The molecule has 1 aromatic rings. The number of piperidine rings is 1. The van der Waals surface area contributed by atoms with Gasteiger partial charge in [0, 0.05) is 11.4 Å². The fourth-order valence-corrected chi connectivity index (χ4v) is 3.13. The molecule has 1 saturated heterocycles. The van der Waals surface area contributed by atoms with Crippen LogP contribution < -0.4 is 0 Å². The normalized spacial score (nSPS) is 22.2. The summed E-state index contributed by atoms with van der Waals surface area (Å²) in [6.07, 6.45) is 4.59. The van der Waals surface area contributed by atoms with Crippen LogP contribution in [-0.2, 0) is 11.2 Å². The first kappa shape index (κ1) is 11.8. The first-order chi connectivity index (χ1) is 7.77. The molecule has 0 bridgehead atoms. The molecule has 88 valence electrons. The molecule has 2 nitrogen and oxygen atoms in total. The van der Waals surface area contributed by atoms with Crippen LogP contribution in [0.4, 0.5) is 0 Å². The number of ketones is 1. The minimum absolute atomic E-state index is 0.189. The van der Waals surface area contributed by atoms with E-state index in [4.69, 9.17) is 0 Å². The van der Waals surface area contributed by atoms with Crippen LogP contribution in [0.2, 0.25) is 0 Å². The highest BCUT2D eigenvalue weighted by Crippen LogP contribution is 2.19. The van der Waals surface area contributed by atoms with Crippen molar-refractivity contribution in [3.8, 4) is 0 Å². The first-order valence-electron chi connectivity index (χ1n) is 6.04. The van der Waals surface area contributed by atoms with E-state index < -0.39 is 0 Å². The van der Waals surface area contributed by atoms with Crippen molar-refractivity contribution >= 4 is 17.1 Å². The van der Waals surface area contributed by atoms with E-state index in [0.717, 1.165) is 25.9 Å². The minimum atomic E-state index is 0.189. The molecule has 1 atom stereocenters. The Hall–Kier alpha value is -0.670. The van der Waals surface area contributed by atoms with Crippen molar-refractivity contribution < 1.29 is 4.79 Å². The predicted molar refractivity (Wildman–Crippen MR) is 67.9 cm³/mol. The Morgan fingerprint density at radius 3 is 3.12 bits per heavy atom. The Labute approximate surface area is 101 Å². The molecule has 1 aliphatic heterocycles. The molecule has 0 amide bonds. The molecule has 16 heavy (non-hydrogen) atoms. The Morgan fingerprint density at radius 2 is 2.44 bits per heavy atom. The zero-order valence-corrected chi connectivity index (χ0v) is 10.6. The third kappa shape index (κ3) is 2.92. The maximum absolute atomic E-state index is 11.5. The first-order valence-corrected chi connectivity index (χ1v) is 6.92. The van der Waals surface area contributed by atoms with Gasteiger partial charge in [0.15, 0.2) is 0 Å². The smallest absolute Gasteiger partial charge is 0.146 e. The second-order valence-electron chi connectivity index (χ2n) is 4.49. The molecule has 1 aliphatic rings. The summed E-state index contributed by atoms with van der Waals surface area (Å²) in [6.45, 7) is 3.86. The largest absolute Gasteiger partial charge is 0.298 e. The Morgan fingerprint density at radius 1 is 1.56 bits per heavy atom. The van der Waals surface area contributed by atoms with Crippen molar-refractivity contribution in [2.24, 2.45) is 0 Å². The number of Topliss-reactive ketones (excluding diaryl/α,β-unsaturated/α-hetero) is 1. The molecule has 0 aliphatic carbocycles. The number of likely N-dealkylation sites (tertiary alicyclic amines) is 1. The van der Waals surface area contributed by atoms with Gasteiger partial charge >= 0.3 is 0 Å². The fraction of sp³-hybridized carbons (Fsp3) is 0.615. The van der Waals surface area contributed by atoms with E-state index in [2.05, 4.69) is 22.4 Å². The van der Waals surface area contributed by atoms with Crippen molar-refractivity contribution in [3.63, 3.8) is 0 Å². The standard InChI is InChI=1S/C13H19NOS/c1-11(15)13-6-2-3-8-14(13)9-7-12-5-4-10-16-12/h4-5,10,13H,2-3,6-9H2,1H3. The highest BCUT2D eigenvalue weighted by molar-refractivity contribution is 7.09. The van der Waals surface area contributed by atoms with Gasteiger partial charge in [-0.2, -0.15) is 0 Å². The minimum Gasteiger partial charge on any atom is -0.298 e. The van der Waals surface area contributed by atoms with Crippen LogP contribution in [-0.4, -0.2) is 29.8 Å². The van der Waals surface area contributed by atoms with Gasteiger partial charge < -0.3 is 0 Å². The topological polar surface area (TPSA) is 20.3 Å². The van der Waals surface area contributed by atoms with Gasteiger partial charge in [-0.1, -0.05) is 12.5 Å². The highest BCUT2D eigenvalue weighted by Gasteiger charge is 2.25. The SMILES string of the molecule is CC(=O)C1CCCCN1CCc1cccs1.